The number of rotatable bonds is 5. The Hall–Kier alpha value is -1.12. The lowest BCUT2D eigenvalue weighted by Crippen LogP contribution is -2.46. The Kier molecular flexibility index (Phi) is 4.77. The molecule has 0 unspecified atom stereocenters. The molecule has 0 aromatic heterocycles. The van der Waals surface area contributed by atoms with E-state index in [1.165, 1.54) is 44.7 Å². The monoisotopic (exact) mass is 230 g/mol. The molecule has 0 radical (unpaired) electrons. The zero-order valence-electron chi connectivity index (χ0n) is 10.5. The summed E-state index contributed by atoms with van der Waals surface area (Å²) in [5.74, 6) is 0. The molecule has 2 heteroatoms. The molecule has 0 atom stereocenters. The number of benzene rings is 1. The summed E-state index contributed by atoms with van der Waals surface area (Å²) in [5, 5.41) is 0. The van der Waals surface area contributed by atoms with Crippen LogP contribution in [-0.2, 0) is 6.42 Å². The van der Waals surface area contributed by atoms with Crippen LogP contribution in [0.5, 0.6) is 0 Å². The highest BCUT2D eigenvalue weighted by Crippen LogP contribution is 2.05. The predicted molar refractivity (Wildman–Crippen MR) is 73.2 cm³/mol. The second kappa shape index (κ2) is 6.58. The first-order chi connectivity index (χ1) is 8.38. The van der Waals surface area contributed by atoms with E-state index in [4.69, 9.17) is 0 Å². The topological polar surface area (TPSA) is 6.48 Å². The molecule has 0 bridgehead atoms. The number of hydrogen-bond donors (Lipinski definition) is 0. The Balaban J connectivity index is 1.70. The summed E-state index contributed by atoms with van der Waals surface area (Å²) in [5.41, 5.74) is 1.45. The van der Waals surface area contributed by atoms with Gasteiger partial charge in [0.15, 0.2) is 0 Å². The SMILES string of the molecule is C=CCN1CCN(CCc2ccccc2)CC1. The van der Waals surface area contributed by atoms with Gasteiger partial charge in [-0.15, -0.1) is 6.58 Å². The minimum absolute atomic E-state index is 1.03. The van der Waals surface area contributed by atoms with Crippen molar-refractivity contribution in [3.05, 3.63) is 48.6 Å². The summed E-state index contributed by atoms with van der Waals surface area (Å²) in [6, 6.07) is 10.8. The highest BCUT2D eigenvalue weighted by atomic mass is 15.3. The van der Waals surface area contributed by atoms with Crippen LogP contribution in [0.2, 0.25) is 0 Å². The Morgan fingerprint density at radius 1 is 1.00 bits per heavy atom. The molecule has 1 aromatic carbocycles. The smallest absolute Gasteiger partial charge is 0.0161 e. The second-order valence-electron chi connectivity index (χ2n) is 4.67. The Morgan fingerprint density at radius 3 is 2.29 bits per heavy atom. The molecule has 2 rings (SSSR count). The van der Waals surface area contributed by atoms with E-state index in [1.807, 2.05) is 6.08 Å². The molecule has 0 N–H and O–H groups in total. The maximum atomic E-state index is 3.79. The summed E-state index contributed by atoms with van der Waals surface area (Å²) in [4.78, 5) is 5.03. The van der Waals surface area contributed by atoms with Crippen molar-refractivity contribution in [1.29, 1.82) is 0 Å². The van der Waals surface area contributed by atoms with Crippen molar-refractivity contribution in [1.82, 2.24) is 9.80 Å². The number of nitrogens with zero attached hydrogens (tertiary/aromatic N) is 2. The van der Waals surface area contributed by atoms with Gasteiger partial charge in [0.25, 0.3) is 0 Å². The number of hydrogen-bond acceptors (Lipinski definition) is 2. The third-order valence-corrected chi connectivity index (χ3v) is 3.41. The van der Waals surface area contributed by atoms with Gasteiger partial charge in [-0.2, -0.15) is 0 Å². The highest BCUT2D eigenvalue weighted by molar-refractivity contribution is 5.14. The van der Waals surface area contributed by atoms with Gasteiger partial charge in [0.05, 0.1) is 0 Å². The number of piperazine rings is 1. The van der Waals surface area contributed by atoms with Crippen LogP contribution in [0.1, 0.15) is 5.56 Å². The molecular formula is C15H22N2. The molecule has 17 heavy (non-hydrogen) atoms. The lowest BCUT2D eigenvalue weighted by molar-refractivity contribution is 0.144. The Labute approximate surface area is 105 Å². The van der Waals surface area contributed by atoms with E-state index in [9.17, 15) is 0 Å². The minimum Gasteiger partial charge on any atom is -0.300 e. The van der Waals surface area contributed by atoms with Crippen LogP contribution in [0.15, 0.2) is 43.0 Å². The van der Waals surface area contributed by atoms with Gasteiger partial charge in [-0.05, 0) is 12.0 Å². The van der Waals surface area contributed by atoms with Gasteiger partial charge in [0.1, 0.15) is 0 Å². The summed E-state index contributed by atoms with van der Waals surface area (Å²) >= 11 is 0. The average molecular weight is 230 g/mol. The summed E-state index contributed by atoms with van der Waals surface area (Å²) < 4.78 is 0. The van der Waals surface area contributed by atoms with E-state index < -0.39 is 0 Å². The van der Waals surface area contributed by atoms with Crippen molar-refractivity contribution in [2.75, 3.05) is 39.3 Å². The normalized spacial score (nSPS) is 18.1. The fourth-order valence-electron chi connectivity index (χ4n) is 2.31. The molecular weight excluding hydrogens is 208 g/mol. The van der Waals surface area contributed by atoms with Crippen molar-refractivity contribution in [2.45, 2.75) is 6.42 Å². The van der Waals surface area contributed by atoms with Crippen LogP contribution in [0, 0.1) is 0 Å². The predicted octanol–water partition coefficient (Wildman–Crippen LogP) is 2.03. The third kappa shape index (κ3) is 3.99. The van der Waals surface area contributed by atoms with Crippen molar-refractivity contribution < 1.29 is 0 Å². The molecule has 1 aliphatic rings. The van der Waals surface area contributed by atoms with Gasteiger partial charge in [-0.25, -0.2) is 0 Å². The van der Waals surface area contributed by atoms with Gasteiger partial charge in [0.2, 0.25) is 0 Å². The first-order valence-corrected chi connectivity index (χ1v) is 6.48. The summed E-state index contributed by atoms with van der Waals surface area (Å²) in [6.45, 7) is 10.8. The van der Waals surface area contributed by atoms with Crippen molar-refractivity contribution >= 4 is 0 Å². The van der Waals surface area contributed by atoms with Crippen molar-refractivity contribution in [3.8, 4) is 0 Å². The zero-order valence-corrected chi connectivity index (χ0v) is 10.5. The van der Waals surface area contributed by atoms with Gasteiger partial charge in [-0.3, -0.25) is 4.90 Å². The quantitative estimate of drug-likeness (QED) is 0.714. The molecule has 1 saturated heterocycles. The van der Waals surface area contributed by atoms with Crippen LogP contribution >= 0.6 is 0 Å². The molecule has 2 nitrogen and oxygen atoms in total. The average Bonchev–Trinajstić information content (AvgIpc) is 2.40. The first kappa shape index (κ1) is 12.3. The van der Waals surface area contributed by atoms with E-state index in [0.717, 1.165) is 6.54 Å². The van der Waals surface area contributed by atoms with Gasteiger partial charge < -0.3 is 4.90 Å². The maximum Gasteiger partial charge on any atom is 0.0161 e. The molecule has 1 fully saturated rings. The van der Waals surface area contributed by atoms with E-state index in [1.54, 1.807) is 0 Å². The minimum atomic E-state index is 1.03. The standard InChI is InChI=1S/C15H22N2/c1-2-9-16-11-13-17(14-12-16)10-8-15-6-4-3-5-7-15/h2-7H,1,8-14H2. The van der Waals surface area contributed by atoms with Crippen molar-refractivity contribution in [2.24, 2.45) is 0 Å². The molecule has 0 amide bonds. The second-order valence-corrected chi connectivity index (χ2v) is 4.67. The highest BCUT2D eigenvalue weighted by Gasteiger charge is 2.14. The largest absolute Gasteiger partial charge is 0.300 e. The fourth-order valence-corrected chi connectivity index (χ4v) is 2.31. The first-order valence-electron chi connectivity index (χ1n) is 6.48. The molecule has 1 heterocycles. The lowest BCUT2D eigenvalue weighted by atomic mass is 10.1. The molecule has 1 aliphatic heterocycles. The van der Waals surface area contributed by atoms with Crippen LogP contribution in [0.25, 0.3) is 0 Å². The van der Waals surface area contributed by atoms with E-state index >= 15 is 0 Å². The van der Waals surface area contributed by atoms with Crippen LogP contribution in [0.3, 0.4) is 0 Å². The Morgan fingerprint density at radius 2 is 1.65 bits per heavy atom. The molecule has 1 aromatic rings. The molecule has 0 aliphatic carbocycles. The van der Waals surface area contributed by atoms with Gasteiger partial charge in [0, 0.05) is 39.3 Å². The van der Waals surface area contributed by atoms with Crippen LogP contribution in [-0.4, -0.2) is 49.1 Å². The van der Waals surface area contributed by atoms with Crippen LogP contribution < -0.4 is 0 Å². The maximum absolute atomic E-state index is 3.79. The summed E-state index contributed by atoms with van der Waals surface area (Å²) in [6.07, 6.45) is 3.17. The van der Waals surface area contributed by atoms with E-state index in [0.29, 0.717) is 0 Å². The van der Waals surface area contributed by atoms with Gasteiger partial charge in [-0.1, -0.05) is 36.4 Å². The fraction of sp³-hybridized carbons (Fsp3) is 0.467. The molecule has 0 saturated carbocycles. The zero-order chi connectivity index (χ0) is 11.9. The molecule has 92 valence electrons. The summed E-state index contributed by atoms with van der Waals surface area (Å²) in [7, 11) is 0. The van der Waals surface area contributed by atoms with Crippen LogP contribution in [0.4, 0.5) is 0 Å². The third-order valence-electron chi connectivity index (χ3n) is 3.41. The lowest BCUT2D eigenvalue weighted by Gasteiger charge is -2.34. The molecule has 0 spiro atoms. The van der Waals surface area contributed by atoms with Crippen molar-refractivity contribution in [3.63, 3.8) is 0 Å². The Bertz CT molecular complexity index is 326. The van der Waals surface area contributed by atoms with E-state index in [2.05, 4.69) is 46.7 Å². The van der Waals surface area contributed by atoms with E-state index in [-0.39, 0.29) is 0 Å². The van der Waals surface area contributed by atoms with Gasteiger partial charge >= 0.3 is 0 Å².